The molecule has 3 N–H and O–H groups in total. The summed E-state index contributed by atoms with van der Waals surface area (Å²) in [6, 6.07) is 11.9. The number of anilines is 1. The number of carbonyl (C=O) groups is 3. The maximum absolute atomic E-state index is 17.2. The van der Waals surface area contributed by atoms with E-state index >= 15 is 8.78 Å². The van der Waals surface area contributed by atoms with Crippen LogP contribution in [0.3, 0.4) is 0 Å². The van der Waals surface area contributed by atoms with Crippen LogP contribution < -0.4 is 20.6 Å². The van der Waals surface area contributed by atoms with Gasteiger partial charge >= 0.3 is 17.8 Å². The molecule has 3 amide bonds. The van der Waals surface area contributed by atoms with Crippen LogP contribution in [0.5, 0.6) is 11.8 Å². The van der Waals surface area contributed by atoms with Crippen molar-refractivity contribution in [3.05, 3.63) is 81.9 Å². The van der Waals surface area contributed by atoms with Gasteiger partial charge in [-0.05, 0) is 173 Å². The Kier molecular flexibility index (Phi) is 13.6. The van der Waals surface area contributed by atoms with Crippen molar-refractivity contribution < 1.29 is 42.9 Å². The zero-order valence-electron chi connectivity index (χ0n) is 45.6. The number of nitrogens with zero attached hydrogens (tertiary/aromatic N) is 9. The number of imidazole rings is 1. The first-order chi connectivity index (χ1) is 38.7. The lowest BCUT2D eigenvalue weighted by molar-refractivity contribution is -0.135. The molecule has 20 heteroatoms. The van der Waals surface area contributed by atoms with Crippen LogP contribution in [0.2, 0.25) is 0 Å². The summed E-state index contributed by atoms with van der Waals surface area (Å²) in [7, 11) is 1.74. The molecule has 4 atom stereocenters. The Morgan fingerprint density at radius 3 is 2.48 bits per heavy atom. The summed E-state index contributed by atoms with van der Waals surface area (Å²) in [5.41, 5.74) is 2.89. The van der Waals surface area contributed by atoms with Crippen molar-refractivity contribution in [2.45, 2.75) is 139 Å². The third kappa shape index (κ3) is 9.22. The summed E-state index contributed by atoms with van der Waals surface area (Å²) in [6.45, 7) is 7.45. The maximum atomic E-state index is 17.2. The number of imide groups is 1. The first kappa shape index (κ1) is 52.6. The molecule has 6 aliphatic heterocycles. The molecular formula is C60H70F2N10O8. The number of likely N-dealkylation sites (tertiary alicyclic amines) is 2. The second-order valence-electron chi connectivity index (χ2n) is 24.1. The van der Waals surface area contributed by atoms with E-state index in [1.165, 1.54) is 34.5 Å². The number of hydrogen-bond acceptors (Lipinski definition) is 14. The van der Waals surface area contributed by atoms with E-state index in [1.807, 2.05) is 22.8 Å². The van der Waals surface area contributed by atoms with Crippen molar-refractivity contribution in [2.75, 3.05) is 63.9 Å². The minimum absolute atomic E-state index is 0.00515. The van der Waals surface area contributed by atoms with E-state index in [-0.39, 0.29) is 82.9 Å². The summed E-state index contributed by atoms with van der Waals surface area (Å²) in [4.78, 5) is 74.5. The number of carbonyl (C=O) groups excluding carboxylic acids is 3. The molecule has 7 aliphatic rings. The number of amides is 3. The average Bonchev–Trinajstić information content (AvgIpc) is 4.14. The van der Waals surface area contributed by atoms with Crippen molar-refractivity contribution in [1.82, 2.24) is 44.1 Å². The van der Waals surface area contributed by atoms with E-state index in [9.17, 15) is 29.4 Å². The normalized spacial score (nSPS) is 25.0. The average molecular weight is 1100 g/mol. The Labute approximate surface area is 462 Å². The van der Waals surface area contributed by atoms with E-state index < -0.39 is 29.7 Å². The number of nitrogens with one attached hydrogen (secondary N) is 1. The second-order valence-corrected chi connectivity index (χ2v) is 24.1. The highest BCUT2D eigenvalue weighted by molar-refractivity contribution is 6.02. The molecule has 1 aliphatic carbocycles. The number of fused-ring (bicyclic) bond motifs is 4. The number of aliphatic hydroxyl groups is 1. The molecule has 80 heavy (non-hydrogen) atoms. The van der Waals surface area contributed by atoms with Crippen LogP contribution in [-0.4, -0.2) is 150 Å². The third-order valence-corrected chi connectivity index (χ3v) is 19.6. The summed E-state index contributed by atoms with van der Waals surface area (Å²) in [5, 5.41) is 25.2. The number of benzene rings is 3. The highest BCUT2D eigenvalue weighted by Crippen LogP contribution is 2.52. The number of rotatable bonds is 11. The SMILES string of the molecule is CCc1c(F)ccc2cc(O)cc(-c3ncc4c(N5CCC[C@H](O)C5)nc(OC[C@@]56CCCN5[C@H](COC(=O)N5CCC7(CC5)CC(N5CCC(c8ccc9c(c8)n(C)c(=O)n9C8CCC(=O)NC8=O)CC5)C7)CC6)nc4c3F)c12. The van der Waals surface area contributed by atoms with Crippen LogP contribution in [0.15, 0.2) is 53.5 Å². The zero-order chi connectivity index (χ0) is 55.2. The number of phenols is 1. The number of piperidine rings is 4. The largest absolute Gasteiger partial charge is 0.508 e. The zero-order valence-corrected chi connectivity index (χ0v) is 45.6. The minimum atomic E-state index is -0.754. The number of halogens is 2. The van der Waals surface area contributed by atoms with E-state index in [2.05, 4.69) is 32.2 Å². The van der Waals surface area contributed by atoms with Gasteiger partial charge in [-0.15, -0.1) is 0 Å². The van der Waals surface area contributed by atoms with Crippen LogP contribution in [0.1, 0.15) is 120 Å². The van der Waals surface area contributed by atoms with Crippen LogP contribution in [-0.2, 0) is 27.8 Å². The molecule has 3 aromatic heterocycles. The number of ether oxygens (including phenoxy) is 2. The van der Waals surface area contributed by atoms with Crippen LogP contribution >= 0.6 is 0 Å². The van der Waals surface area contributed by atoms with Gasteiger partial charge in [0.15, 0.2) is 5.82 Å². The Morgan fingerprint density at radius 1 is 0.887 bits per heavy atom. The highest BCUT2D eigenvalue weighted by atomic mass is 19.1. The van der Waals surface area contributed by atoms with Gasteiger partial charge in [0.1, 0.15) is 47.9 Å². The van der Waals surface area contributed by atoms with Gasteiger partial charge in [0.2, 0.25) is 11.8 Å². The van der Waals surface area contributed by atoms with Gasteiger partial charge in [-0.3, -0.25) is 33.9 Å². The molecular weight excluding hydrogens is 1030 g/mol. The number of aromatic hydroxyl groups is 1. The predicted octanol–water partition coefficient (Wildman–Crippen LogP) is 7.62. The van der Waals surface area contributed by atoms with Crippen molar-refractivity contribution in [3.63, 3.8) is 0 Å². The fourth-order valence-corrected chi connectivity index (χ4v) is 15.2. The van der Waals surface area contributed by atoms with Gasteiger partial charge in [0.05, 0.1) is 28.1 Å². The summed E-state index contributed by atoms with van der Waals surface area (Å²) < 4.78 is 48.2. The number of hydrogen-bond donors (Lipinski definition) is 3. The minimum Gasteiger partial charge on any atom is -0.508 e. The molecule has 0 radical (unpaired) electrons. The molecule has 3 aromatic carbocycles. The standard InChI is InChI=1S/C60H70F2N10O8/c1-3-42-45(61)9-7-37-26-41(74)28-43(50(37)42)52-51(62)53-44(31-63-52)54(70-20-4-6-40(73)32-70)66-56(65-53)80-34-60-16-5-21-71(60)38(13-17-60)33-79-58(78)69-24-18-59(19-25-69)29-39(30-59)68-22-14-35(15-23-68)36-8-10-46-48(27-36)67(2)57(77)72(46)47-11-12-49(75)64-55(47)76/h7-10,26-28,31,35,38-40,47,73-74H,3-6,11-25,29-30,32-34H2,1-2H3,(H,64,75,76)/t38-,40-,47?,60-/m0/s1. The van der Waals surface area contributed by atoms with E-state index in [0.717, 1.165) is 89.4 Å². The molecule has 13 rings (SSSR count). The summed E-state index contributed by atoms with van der Waals surface area (Å²) in [5.74, 6) is -1.24. The van der Waals surface area contributed by atoms with Crippen molar-refractivity contribution in [2.24, 2.45) is 12.5 Å². The number of phenolic OH excluding ortho intramolecular Hbond substituents is 1. The third-order valence-electron chi connectivity index (χ3n) is 19.6. The second kappa shape index (κ2) is 20.6. The van der Waals surface area contributed by atoms with Gasteiger partial charge in [-0.2, -0.15) is 9.97 Å². The van der Waals surface area contributed by atoms with Gasteiger partial charge in [-0.1, -0.05) is 19.1 Å². The van der Waals surface area contributed by atoms with Gasteiger partial charge in [0, 0.05) is 63.5 Å². The number of aromatic nitrogens is 5. The van der Waals surface area contributed by atoms with Crippen molar-refractivity contribution in [1.29, 1.82) is 0 Å². The number of pyridine rings is 1. The Morgan fingerprint density at radius 2 is 1.70 bits per heavy atom. The first-order valence-corrected chi connectivity index (χ1v) is 29.0. The molecule has 6 saturated heterocycles. The smallest absolute Gasteiger partial charge is 0.409 e. The first-order valence-electron chi connectivity index (χ1n) is 29.0. The summed E-state index contributed by atoms with van der Waals surface area (Å²) in [6.07, 6.45) is 12.6. The lowest BCUT2D eigenvalue weighted by Gasteiger charge is -2.56. The maximum Gasteiger partial charge on any atom is 0.409 e. The van der Waals surface area contributed by atoms with Crippen LogP contribution in [0.25, 0.3) is 44.0 Å². The number of aryl methyl sites for hydroxylation is 2. The lowest BCUT2D eigenvalue weighted by Crippen LogP contribution is -2.56. The summed E-state index contributed by atoms with van der Waals surface area (Å²) >= 11 is 0. The fraction of sp³-hybridized carbons (Fsp3) is 0.550. The quantitative estimate of drug-likeness (QED) is 0.107. The number of aliphatic hydroxyl groups excluding tert-OH is 1. The Hall–Kier alpha value is -6.77. The van der Waals surface area contributed by atoms with Gasteiger partial charge < -0.3 is 34.4 Å². The van der Waals surface area contributed by atoms with Crippen LogP contribution in [0.4, 0.5) is 19.4 Å². The molecule has 1 spiro atoms. The van der Waals surface area contributed by atoms with E-state index in [1.54, 1.807) is 17.7 Å². The fourth-order valence-electron chi connectivity index (χ4n) is 15.2. The van der Waals surface area contributed by atoms with Gasteiger partial charge in [-0.25, -0.2) is 18.4 Å². The molecule has 422 valence electrons. The monoisotopic (exact) mass is 1100 g/mol. The molecule has 0 bridgehead atoms. The van der Waals surface area contributed by atoms with Crippen molar-refractivity contribution >= 4 is 56.4 Å². The molecule has 1 saturated carbocycles. The Balaban J connectivity index is 0.619. The Bertz CT molecular complexity index is 3510. The number of β-amino-alcohol motifs (C(OH)–C–C–N with tert-alkyl or cyclic N) is 1. The molecule has 1 unspecified atom stereocenters. The molecule has 6 aromatic rings. The van der Waals surface area contributed by atoms with Crippen molar-refractivity contribution in [3.8, 4) is 23.0 Å². The topological polar surface area (TPSA) is 201 Å². The highest BCUT2D eigenvalue weighted by Gasteiger charge is 2.52. The van der Waals surface area contributed by atoms with Crippen LogP contribution in [0, 0.1) is 17.0 Å². The molecule has 18 nitrogen and oxygen atoms in total. The van der Waals surface area contributed by atoms with E-state index in [4.69, 9.17) is 19.4 Å². The molecule has 9 heterocycles. The lowest BCUT2D eigenvalue weighted by atomic mass is 9.59. The van der Waals surface area contributed by atoms with Gasteiger partial charge in [0.25, 0.3) is 0 Å². The molecule has 7 fully saturated rings. The van der Waals surface area contributed by atoms with E-state index in [0.29, 0.717) is 96.9 Å². The predicted molar refractivity (Wildman–Crippen MR) is 296 cm³/mol.